The van der Waals surface area contributed by atoms with Crippen molar-refractivity contribution in [2.45, 2.75) is 97.1 Å². The van der Waals surface area contributed by atoms with Gasteiger partial charge in [-0.25, -0.2) is 9.79 Å². The minimum absolute atomic E-state index is 0.0409. The summed E-state index contributed by atoms with van der Waals surface area (Å²) in [6.45, 7) is 5.43. The van der Waals surface area contributed by atoms with E-state index in [-0.39, 0.29) is 11.9 Å². The fourth-order valence-corrected chi connectivity index (χ4v) is 3.60. The molecule has 2 aliphatic rings. The van der Waals surface area contributed by atoms with Gasteiger partial charge in [0.2, 0.25) is 0 Å². The van der Waals surface area contributed by atoms with Crippen LogP contribution in [0.25, 0.3) is 0 Å². The van der Waals surface area contributed by atoms with Crippen LogP contribution in [0.4, 0.5) is 0 Å². The van der Waals surface area contributed by atoms with E-state index in [0.29, 0.717) is 12.1 Å². The van der Waals surface area contributed by atoms with Crippen LogP contribution in [0.3, 0.4) is 0 Å². The van der Waals surface area contributed by atoms with Crippen molar-refractivity contribution in [2.24, 2.45) is 5.16 Å². The number of rotatable bonds is 3. The van der Waals surface area contributed by atoms with E-state index in [0.717, 1.165) is 31.4 Å². The lowest BCUT2D eigenvalue weighted by Gasteiger charge is -2.27. The van der Waals surface area contributed by atoms with Crippen molar-refractivity contribution in [3.63, 3.8) is 0 Å². The van der Waals surface area contributed by atoms with Gasteiger partial charge in [0.1, 0.15) is 6.04 Å². The molecule has 0 radical (unpaired) electrons. The highest BCUT2D eigenvalue weighted by atomic mass is 16.6. The molecule has 0 aliphatic heterocycles. The molecule has 5 heteroatoms. The number of nitrogens with zero attached hydrogens (tertiary/aromatic N) is 2. The van der Waals surface area contributed by atoms with Gasteiger partial charge < -0.3 is 0 Å². The monoisotopic (exact) mass is 322 g/mol. The van der Waals surface area contributed by atoms with E-state index in [9.17, 15) is 4.79 Å². The van der Waals surface area contributed by atoms with Crippen LogP contribution in [0.5, 0.6) is 0 Å². The second kappa shape index (κ2) is 9.04. The molecule has 2 rings (SSSR count). The lowest BCUT2D eigenvalue weighted by molar-refractivity contribution is -0.522. The van der Waals surface area contributed by atoms with Crippen molar-refractivity contribution in [1.82, 2.24) is 4.90 Å². The van der Waals surface area contributed by atoms with Crippen LogP contribution in [-0.2, 0) is 9.63 Å². The van der Waals surface area contributed by atoms with Gasteiger partial charge in [-0.15, -0.1) is 0 Å². The fraction of sp³-hybridized carbons (Fsp3) is 0.833. The summed E-state index contributed by atoms with van der Waals surface area (Å²) in [5.41, 5.74) is 0.847. The van der Waals surface area contributed by atoms with Crippen molar-refractivity contribution in [3.05, 3.63) is 0 Å². The second-order valence-electron chi connectivity index (χ2n) is 7.10. The number of hydrogen-bond donors (Lipinski definition) is 1. The van der Waals surface area contributed by atoms with E-state index in [2.05, 4.69) is 10.1 Å². The Morgan fingerprint density at radius 3 is 2.04 bits per heavy atom. The molecule has 2 fully saturated rings. The Morgan fingerprint density at radius 1 is 0.957 bits per heavy atom. The quantitative estimate of drug-likeness (QED) is 0.493. The summed E-state index contributed by atoms with van der Waals surface area (Å²) >= 11 is 0. The Morgan fingerprint density at radius 2 is 1.52 bits per heavy atom. The zero-order valence-corrected chi connectivity index (χ0v) is 14.9. The average Bonchev–Trinajstić information content (AvgIpc) is 2.54. The molecular weight excluding hydrogens is 290 g/mol. The molecule has 1 amide bonds. The number of nitrogens with one attached hydrogen (secondary N) is 1. The van der Waals surface area contributed by atoms with Crippen LogP contribution >= 0.6 is 0 Å². The maximum Gasteiger partial charge on any atom is 0.478 e. The number of hydrogen-bond acceptors (Lipinski definition) is 3. The highest BCUT2D eigenvalue weighted by molar-refractivity contribution is 5.91. The zero-order chi connectivity index (χ0) is 16.7. The topological polar surface area (TPSA) is 55.9 Å². The van der Waals surface area contributed by atoms with Crippen molar-refractivity contribution in [2.75, 3.05) is 0 Å². The number of carbonyl (C=O) groups is 1. The van der Waals surface area contributed by atoms with E-state index in [1.165, 1.54) is 38.5 Å². The summed E-state index contributed by atoms with van der Waals surface area (Å²) in [5.74, 6) is 0.0409. The summed E-state index contributed by atoms with van der Waals surface area (Å²) in [5, 5.41) is 4.11. The van der Waals surface area contributed by atoms with Crippen molar-refractivity contribution < 1.29 is 14.6 Å². The van der Waals surface area contributed by atoms with Crippen LogP contribution in [0.2, 0.25) is 0 Å². The van der Waals surface area contributed by atoms with Crippen molar-refractivity contribution in [3.8, 4) is 0 Å². The summed E-state index contributed by atoms with van der Waals surface area (Å²) in [4.78, 5) is 23.3. The fourth-order valence-electron chi connectivity index (χ4n) is 3.60. The van der Waals surface area contributed by atoms with Gasteiger partial charge in [-0.3, -0.25) is 4.84 Å². The standard InChI is InChI=1S/C18H31N3O2/c1-14(2)20-23-18(19-16-10-6-4-7-11-16)21(15(3)22)17-12-8-5-9-13-17/h16-17H,4-13H2,1-3H3/p+1. The van der Waals surface area contributed by atoms with Crippen LogP contribution in [0.1, 0.15) is 85.0 Å². The van der Waals surface area contributed by atoms with Gasteiger partial charge >= 0.3 is 11.9 Å². The van der Waals surface area contributed by atoms with E-state index in [4.69, 9.17) is 4.84 Å². The SMILES string of the molecule is CC(=O)N(C(=[NH+]C1CCCCC1)ON=C(C)C)C1CCCCC1. The van der Waals surface area contributed by atoms with Gasteiger partial charge in [0.15, 0.2) is 0 Å². The van der Waals surface area contributed by atoms with E-state index in [1.54, 1.807) is 6.92 Å². The molecular formula is C18H32N3O2+. The number of amides is 1. The Balaban J connectivity index is 2.21. The van der Waals surface area contributed by atoms with Gasteiger partial charge in [0.25, 0.3) is 0 Å². The number of carbonyl (C=O) groups excluding carboxylic acids is 1. The summed E-state index contributed by atoms with van der Waals surface area (Å²) in [6, 6.07) is 1.16. The largest absolute Gasteiger partial charge is 0.478 e. The van der Waals surface area contributed by atoms with E-state index in [1.807, 2.05) is 18.7 Å². The molecule has 0 aromatic heterocycles. The Hall–Kier alpha value is -1.39. The maximum absolute atomic E-state index is 12.3. The van der Waals surface area contributed by atoms with Gasteiger partial charge in [-0.1, -0.05) is 18.0 Å². The molecule has 0 bridgehead atoms. The Labute approximate surface area is 140 Å². The van der Waals surface area contributed by atoms with Gasteiger partial charge in [-0.05, 0) is 65.2 Å². The van der Waals surface area contributed by atoms with Crippen LogP contribution < -0.4 is 4.99 Å². The van der Waals surface area contributed by atoms with Crippen LogP contribution in [0, 0.1) is 0 Å². The zero-order valence-electron chi connectivity index (χ0n) is 14.9. The molecule has 0 aromatic rings. The molecule has 0 heterocycles. The van der Waals surface area contributed by atoms with Gasteiger partial charge in [-0.2, -0.15) is 4.90 Å². The molecule has 0 saturated heterocycles. The molecule has 2 saturated carbocycles. The first-order chi connectivity index (χ1) is 11.1. The normalized spacial score (nSPS) is 20.9. The molecule has 5 nitrogen and oxygen atoms in total. The first-order valence-corrected chi connectivity index (χ1v) is 9.19. The average molecular weight is 322 g/mol. The molecule has 0 aromatic carbocycles. The first-order valence-electron chi connectivity index (χ1n) is 9.19. The third kappa shape index (κ3) is 5.63. The molecule has 0 spiro atoms. The smallest absolute Gasteiger partial charge is 0.279 e. The molecule has 130 valence electrons. The second-order valence-corrected chi connectivity index (χ2v) is 7.10. The molecule has 0 unspecified atom stereocenters. The van der Waals surface area contributed by atoms with Gasteiger partial charge in [0, 0.05) is 6.92 Å². The number of oxime groups is 1. The molecule has 1 N–H and O–H groups in total. The summed E-state index contributed by atoms with van der Waals surface area (Å²) in [6.07, 6.45) is 11.8. The van der Waals surface area contributed by atoms with Crippen molar-refractivity contribution >= 4 is 17.6 Å². The third-order valence-electron chi connectivity index (χ3n) is 4.75. The summed E-state index contributed by atoms with van der Waals surface area (Å²) < 4.78 is 0. The predicted octanol–water partition coefficient (Wildman–Crippen LogP) is 2.35. The Kier molecular flexibility index (Phi) is 7.06. The highest BCUT2D eigenvalue weighted by Crippen LogP contribution is 2.23. The van der Waals surface area contributed by atoms with E-state index < -0.39 is 0 Å². The lowest BCUT2D eigenvalue weighted by Crippen LogP contribution is -2.83. The van der Waals surface area contributed by atoms with Crippen LogP contribution in [0.15, 0.2) is 5.16 Å². The highest BCUT2D eigenvalue weighted by Gasteiger charge is 2.37. The lowest BCUT2D eigenvalue weighted by atomic mass is 9.94. The minimum Gasteiger partial charge on any atom is -0.279 e. The van der Waals surface area contributed by atoms with E-state index >= 15 is 0 Å². The maximum atomic E-state index is 12.3. The molecule has 2 aliphatic carbocycles. The Bertz CT molecular complexity index is 443. The third-order valence-corrected chi connectivity index (χ3v) is 4.75. The first kappa shape index (κ1) is 18.0. The minimum atomic E-state index is 0.0409. The van der Waals surface area contributed by atoms with Crippen LogP contribution in [-0.4, -0.2) is 34.6 Å². The summed E-state index contributed by atoms with van der Waals surface area (Å²) in [7, 11) is 0. The predicted molar refractivity (Wildman–Crippen MR) is 92.1 cm³/mol. The van der Waals surface area contributed by atoms with Crippen molar-refractivity contribution in [1.29, 1.82) is 0 Å². The number of amidine groups is 1. The molecule has 0 atom stereocenters. The molecule has 23 heavy (non-hydrogen) atoms. The van der Waals surface area contributed by atoms with Gasteiger partial charge in [0.05, 0.1) is 11.8 Å².